The summed E-state index contributed by atoms with van der Waals surface area (Å²) in [7, 11) is 3.31. The van der Waals surface area contributed by atoms with Crippen LogP contribution >= 0.6 is 0 Å². The third-order valence-electron chi connectivity index (χ3n) is 3.61. The van der Waals surface area contributed by atoms with Crippen molar-refractivity contribution >= 4 is 17.5 Å². The van der Waals surface area contributed by atoms with Crippen LogP contribution in [0.1, 0.15) is 21.5 Å². The highest BCUT2D eigenvalue weighted by Gasteiger charge is 2.14. The van der Waals surface area contributed by atoms with Gasteiger partial charge in [-0.25, -0.2) is 0 Å². The Morgan fingerprint density at radius 2 is 1.79 bits per heavy atom. The molecule has 2 amide bonds. The van der Waals surface area contributed by atoms with E-state index < -0.39 is 0 Å². The summed E-state index contributed by atoms with van der Waals surface area (Å²) in [5.41, 5.74) is 3.27. The predicted octanol–water partition coefficient (Wildman–Crippen LogP) is 3.02. The van der Waals surface area contributed by atoms with Crippen LogP contribution in [-0.2, 0) is 4.79 Å². The number of nitrogens with one attached hydrogen (secondary N) is 1. The van der Waals surface area contributed by atoms with Crippen LogP contribution in [0.3, 0.4) is 0 Å². The Morgan fingerprint density at radius 3 is 2.46 bits per heavy atom. The van der Waals surface area contributed by atoms with Crippen LogP contribution in [0.15, 0.2) is 42.5 Å². The number of carbonyl (C=O) groups excluding carboxylic acids is 2. The van der Waals surface area contributed by atoms with Crippen LogP contribution in [0.25, 0.3) is 0 Å². The molecule has 0 radical (unpaired) electrons. The Labute approximate surface area is 142 Å². The fraction of sp³-hybridized carbons (Fsp3) is 0.263. The van der Waals surface area contributed by atoms with Crippen LogP contribution in [0.2, 0.25) is 0 Å². The number of carbonyl (C=O) groups is 2. The number of rotatable bonds is 5. The van der Waals surface area contributed by atoms with E-state index in [-0.39, 0.29) is 18.4 Å². The van der Waals surface area contributed by atoms with E-state index in [1.807, 2.05) is 32.0 Å². The minimum atomic E-state index is -0.269. The monoisotopic (exact) mass is 326 g/mol. The van der Waals surface area contributed by atoms with Gasteiger partial charge in [-0.2, -0.15) is 0 Å². The second-order valence-corrected chi connectivity index (χ2v) is 5.85. The Kier molecular flexibility index (Phi) is 5.58. The predicted molar refractivity (Wildman–Crippen MR) is 94.5 cm³/mol. The number of aryl methyl sites for hydroxylation is 2. The summed E-state index contributed by atoms with van der Waals surface area (Å²) in [5, 5.41) is 2.89. The number of benzene rings is 2. The van der Waals surface area contributed by atoms with Gasteiger partial charge in [0.1, 0.15) is 5.75 Å². The van der Waals surface area contributed by atoms with E-state index in [4.69, 9.17) is 4.74 Å². The van der Waals surface area contributed by atoms with Crippen molar-refractivity contribution in [3.63, 3.8) is 0 Å². The molecule has 0 fully saturated rings. The Balaban J connectivity index is 2.16. The molecule has 0 saturated heterocycles. The van der Waals surface area contributed by atoms with Gasteiger partial charge in [0.15, 0.2) is 6.61 Å². The molecule has 0 aliphatic rings. The number of hydrogen-bond donors (Lipinski definition) is 1. The molecule has 0 bridgehead atoms. The lowest BCUT2D eigenvalue weighted by Gasteiger charge is -2.14. The molecule has 0 aliphatic carbocycles. The number of nitrogens with zero attached hydrogens (tertiary/aromatic N) is 1. The fourth-order valence-electron chi connectivity index (χ4n) is 2.19. The largest absolute Gasteiger partial charge is 0.483 e. The number of anilines is 1. The molecular weight excluding hydrogens is 304 g/mol. The molecule has 126 valence electrons. The molecule has 0 unspecified atom stereocenters. The summed E-state index contributed by atoms with van der Waals surface area (Å²) in [4.78, 5) is 25.7. The highest BCUT2D eigenvalue weighted by atomic mass is 16.5. The number of amides is 2. The average molecular weight is 326 g/mol. The average Bonchev–Trinajstić information content (AvgIpc) is 2.55. The third-order valence-corrected chi connectivity index (χ3v) is 3.61. The third kappa shape index (κ3) is 4.35. The molecule has 0 aliphatic heterocycles. The molecule has 0 atom stereocenters. The van der Waals surface area contributed by atoms with Crippen molar-refractivity contribution in [3.8, 4) is 5.75 Å². The summed E-state index contributed by atoms with van der Waals surface area (Å²) in [6.07, 6.45) is 0. The first kappa shape index (κ1) is 17.5. The van der Waals surface area contributed by atoms with Crippen LogP contribution in [0.4, 0.5) is 5.69 Å². The van der Waals surface area contributed by atoms with Crippen LogP contribution < -0.4 is 10.1 Å². The summed E-state index contributed by atoms with van der Waals surface area (Å²) >= 11 is 0. The quantitative estimate of drug-likeness (QED) is 0.919. The van der Waals surface area contributed by atoms with Gasteiger partial charge < -0.3 is 15.0 Å². The number of likely N-dealkylation sites (N-methyl/N-ethyl adjacent to an activating group) is 1. The van der Waals surface area contributed by atoms with Gasteiger partial charge in [0, 0.05) is 19.8 Å². The topological polar surface area (TPSA) is 58.6 Å². The van der Waals surface area contributed by atoms with Crippen molar-refractivity contribution < 1.29 is 14.3 Å². The van der Waals surface area contributed by atoms with Gasteiger partial charge in [0.25, 0.3) is 11.8 Å². The summed E-state index contributed by atoms with van der Waals surface area (Å²) in [6.45, 7) is 3.84. The van der Waals surface area contributed by atoms with Crippen molar-refractivity contribution in [2.75, 3.05) is 26.0 Å². The van der Waals surface area contributed by atoms with Crippen molar-refractivity contribution in [2.24, 2.45) is 0 Å². The summed E-state index contributed by atoms with van der Waals surface area (Å²) < 4.78 is 5.52. The van der Waals surface area contributed by atoms with E-state index in [1.54, 1.807) is 38.4 Å². The lowest BCUT2D eigenvalue weighted by Crippen LogP contribution is -2.28. The number of para-hydroxylation sites is 1. The van der Waals surface area contributed by atoms with Crippen LogP contribution in [0, 0.1) is 13.8 Å². The number of ether oxygens (including phenoxy) is 1. The van der Waals surface area contributed by atoms with E-state index >= 15 is 0 Å². The molecule has 2 aromatic carbocycles. The van der Waals surface area contributed by atoms with Crippen molar-refractivity contribution in [3.05, 3.63) is 59.2 Å². The summed E-state index contributed by atoms with van der Waals surface area (Å²) in [6, 6.07) is 12.7. The molecular formula is C19H22N2O3. The van der Waals surface area contributed by atoms with Gasteiger partial charge in [0.05, 0.1) is 5.56 Å². The minimum Gasteiger partial charge on any atom is -0.483 e. The molecule has 0 spiro atoms. The fourth-order valence-corrected chi connectivity index (χ4v) is 2.19. The van der Waals surface area contributed by atoms with E-state index in [0.29, 0.717) is 11.3 Å². The lowest BCUT2D eigenvalue weighted by atomic mass is 10.1. The first-order valence-corrected chi connectivity index (χ1v) is 7.69. The normalized spacial score (nSPS) is 10.2. The highest BCUT2D eigenvalue weighted by molar-refractivity contribution is 6.06. The van der Waals surface area contributed by atoms with E-state index in [1.165, 1.54) is 4.90 Å². The minimum absolute atomic E-state index is 0.110. The van der Waals surface area contributed by atoms with Gasteiger partial charge in [-0.1, -0.05) is 29.8 Å². The standard InChI is InChI=1S/C19H22N2O3/c1-13-9-10-16(14(2)11-13)20-19(23)15-7-5-6-8-17(15)24-12-18(22)21(3)4/h5-11H,12H2,1-4H3,(H,20,23). The van der Waals surface area contributed by atoms with Gasteiger partial charge in [-0.3, -0.25) is 9.59 Å². The Bertz CT molecular complexity index is 754. The molecule has 0 aromatic heterocycles. The van der Waals surface area contributed by atoms with Crippen LogP contribution in [0.5, 0.6) is 5.75 Å². The smallest absolute Gasteiger partial charge is 0.259 e. The molecule has 2 rings (SSSR count). The first-order valence-electron chi connectivity index (χ1n) is 7.69. The lowest BCUT2D eigenvalue weighted by molar-refractivity contribution is -0.130. The second-order valence-electron chi connectivity index (χ2n) is 5.85. The van der Waals surface area contributed by atoms with Crippen molar-refractivity contribution in [1.82, 2.24) is 4.90 Å². The second kappa shape index (κ2) is 7.64. The molecule has 0 heterocycles. The summed E-state index contributed by atoms with van der Waals surface area (Å²) in [5.74, 6) is -0.0515. The van der Waals surface area contributed by atoms with Gasteiger partial charge in [-0.05, 0) is 37.6 Å². The Morgan fingerprint density at radius 1 is 1.08 bits per heavy atom. The van der Waals surface area contributed by atoms with Gasteiger partial charge >= 0.3 is 0 Å². The zero-order chi connectivity index (χ0) is 17.7. The van der Waals surface area contributed by atoms with Crippen LogP contribution in [-0.4, -0.2) is 37.4 Å². The van der Waals surface area contributed by atoms with E-state index in [9.17, 15) is 9.59 Å². The molecule has 5 nitrogen and oxygen atoms in total. The first-order chi connectivity index (χ1) is 11.4. The van der Waals surface area contributed by atoms with Gasteiger partial charge in [-0.15, -0.1) is 0 Å². The van der Waals surface area contributed by atoms with Crippen molar-refractivity contribution in [2.45, 2.75) is 13.8 Å². The maximum Gasteiger partial charge on any atom is 0.259 e. The molecule has 1 N–H and O–H groups in total. The molecule has 0 saturated carbocycles. The van der Waals surface area contributed by atoms with Gasteiger partial charge in [0.2, 0.25) is 0 Å². The zero-order valence-electron chi connectivity index (χ0n) is 14.4. The maximum atomic E-state index is 12.6. The molecule has 24 heavy (non-hydrogen) atoms. The number of hydrogen-bond acceptors (Lipinski definition) is 3. The van der Waals surface area contributed by atoms with E-state index in [2.05, 4.69) is 5.32 Å². The SMILES string of the molecule is Cc1ccc(NC(=O)c2ccccc2OCC(=O)N(C)C)c(C)c1. The zero-order valence-corrected chi connectivity index (χ0v) is 14.4. The highest BCUT2D eigenvalue weighted by Crippen LogP contribution is 2.22. The molecule has 2 aromatic rings. The Hall–Kier alpha value is -2.82. The van der Waals surface area contributed by atoms with Crippen molar-refractivity contribution in [1.29, 1.82) is 0 Å². The maximum absolute atomic E-state index is 12.6. The van der Waals surface area contributed by atoms with E-state index in [0.717, 1.165) is 16.8 Å². The molecule has 5 heteroatoms.